The highest BCUT2D eigenvalue weighted by molar-refractivity contribution is 7.11. The fourth-order valence-electron chi connectivity index (χ4n) is 1.65. The lowest BCUT2D eigenvalue weighted by molar-refractivity contribution is 0.0144. The lowest BCUT2D eigenvalue weighted by atomic mass is 10.1. The standard InChI is InChI=1S/C10H15ClN2OS/c11-6-3-5-9-12-13-10(15-9)8-4-1-2-7-14-8/h8H,1-7H2. The Hall–Kier alpha value is -0.190. The van der Waals surface area contributed by atoms with Gasteiger partial charge in [0.15, 0.2) is 0 Å². The van der Waals surface area contributed by atoms with Crippen LogP contribution in [0.5, 0.6) is 0 Å². The molecular weight excluding hydrogens is 232 g/mol. The molecule has 3 nitrogen and oxygen atoms in total. The van der Waals surface area contributed by atoms with E-state index in [0.29, 0.717) is 5.88 Å². The zero-order valence-electron chi connectivity index (χ0n) is 8.62. The minimum Gasteiger partial charge on any atom is -0.371 e. The number of hydrogen-bond acceptors (Lipinski definition) is 4. The maximum absolute atomic E-state index is 5.66. The summed E-state index contributed by atoms with van der Waals surface area (Å²) < 4.78 is 5.66. The van der Waals surface area contributed by atoms with Crippen LogP contribution in [-0.2, 0) is 11.2 Å². The minimum atomic E-state index is 0.195. The molecule has 2 rings (SSSR count). The van der Waals surface area contributed by atoms with Crippen molar-refractivity contribution in [2.24, 2.45) is 0 Å². The number of halogens is 1. The van der Waals surface area contributed by atoms with Crippen molar-refractivity contribution in [2.75, 3.05) is 12.5 Å². The molecule has 0 bridgehead atoms. The van der Waals surface area contributed by atoms with Crippen molar-refractivity contribution in [3.05, 3.63) is 10.0 Å². The molecule has 1 unspecified atom stereocenters. The van der Waals surface area contributed by atoms with E-state index < -0.39 is 0 Å². The van der Waals surface area contributed by atoms with Crippen LogP contribution in [0.4, 0.5) is 0 Å². The van der Waals surface area contributed by atoms with E-state index in [1.807, 2.05) is 0 Å². The molecule has 0 amide bonds. The van der Waals surface area contributed by atoms with Gasteiger partial charge in [0.2, 0.25) is 0 Å². The highest BCUT2D eigenvalue weighted by Gasteiger charge is 2.20. The summed E-state index contributed by atoms with van der Waals surface area (Å²) in [4.78, 5) is 0. The molecule has 1 fully saturated rings. The van der Waals surface area contributed by atoms with Crippen molar-refractivity contribution in [2.45, 2.75) is 38.2 Å². The van der Waals surface area contributed by atoms with Crippen LogP contribution in [0.2, 0.25) is 0 Å². The molecule has 84 valence electrons. The number of aryl methyl sites for hydroxylation is 1. The van der Waals surface area contributed by atoms with E-state index in [1.165, 1.54) is 12.8 Å². The number of ether oxygens (including phenoxy) is 1. The Morgan fingerprint density at radius 1 is 1.40 bits per heavy atom. The number of aromatic nitrogens is 2. The van der Waals surface area contributed by atoms with Crippen molar-refractivity contribution >= 4 is 22.9 Å². The molecule has 1 aromatic rings. The molecule has 5 heteroatoms. The third-order valence-corrected chi connectivity index (χ3v) is 3.80. The van der Waals surface area contributed by atoms with Gasteiger partial charge in [0, 0.05) is 18.9 Å². The Balaban J connectivity index is 1.93. The van der Waals surface area contributed by atoms with E-state index in [9.17, 15) is 0 Å². The summed E-state index contributed by atoms with van der Waals surface area (Å²) in [5.41, 5.74) is 0. The molecule has 1 aromatic heterocycles. The van der Waals surface area contributed by atoms with Gasteiger partial charge in [0.1, 0.15) is 16.1 Å². The normalized spacial score (nSPS) is 21.8. The fraction of sp³-hybridized carbons (Fsp3) is 0.800. The Morgan fingerprint density at radius 2 is 2.33 bits per heavy atom. The first-order chi connectivity index (χ1) is 7.40. The van der Waals surface area contributed by atoms with E-state index in [1.54, 1.807) is 11.3 Å². The predicted molar refractivity (Wildman–Crippen MR) is 61.5 cm³/mol. The highest BCUT2D eigenvalue weighted by Crippen LogP contribution is 2.29. The summed E-state index contributed by atoms with van der Waals surface area (Å²) in [6.07, 6.45) is 5.61. The molecule has 2 heterocycles. The molecule has 15 heavy (non-hydrogen) atoms. The number of alkyl halides is 1. The van der Waals surface area contributed by atoms with E-state index in [0.717, 1.165) is 35.9 Å². The minimum absolute atomic E-state index is 0.195. The van der Waals surface area contributed by atoms with Crippen molar-refractivity contribution in [1.29, 1.82) is 0 Å². The summed E-state index contributed by atoms with van der Waals surface area (Å²) >= 11 is 7.31. The van der Waals surface area contributed by atoms with Crippen LogP contribution >= 0.6 is 22.9 Å². The summed E-state index contributed by atoms with van der Waals surface area (Å²) in [6.45, 7) is 0.862. The lowest BCUT2D eigenvalue weighted by Gasteiger charge is -2.19. The van der Waals surface area contributed by atoms with Gasteiger partial charge in [-0.2, -0.15) is 0 Å². The van der Waals surface area contributed by atoms with Gasteiger partial charge in [0.25, 0.3) is 0 Å². The summed E-state index contributed by atoms with van der Waals surface area (Å²) in [7, 11) is 0. The Labute approximate surface area is 98.8 Å². The summed E-state index contributed by atoms with van der Waals surface area (Å²) in [5, 5.41) is 10.5. The SMILES string of the molecule is ClCCCc1nnc(C2CCCCO2)s1. The monoisotopic (exact) mass is 246 g/mol. The Bertz CT molecular complexity index is 299. The average Bonchev–Trinajstić information content (AvgIpc) is 2.76. The largest absolute Gasteiger partial charge is 0.371 e. The smallest absolute Gasteiger partial charge is 0.146 e. The van der Waals surface area contributed by atoms with E-state index in [2.05, 4.69) is 10.2 Å². The van der Waals surface area contributed by atoms with Crippen molar-refractivity contribution in [1.82, 2.24) is 10.2 Å². The van der Waals surface area contributed by atoms with Gasteiger partial charge in [-0.1, -0.05) is 11.3 Å². The first-order valence-electron chi connectivity index (χ1n) is 5.40. The molecule has 0 aromatic carbocycles. The topological polar surface area (TPSA) is 35.0 Å². The second-order valence-electron chi connectivity index (χ2n) is 3.68. The van der Waals surface area contributed by atoms with Crippen molar-refractivity contribution in [3.8, 4) is 0 Å². The molecule has 1 atom stereocenters. The molecule has 0 radical (unpaired) electrons. The first kappa shape index (κ1) is 11.3. The molecule has 1 aliphatic heterocycles. The van der Waals surface area contributed by atoms with Gasteiger partial charge in [0.05, 0.1) is 0 Å². The van der Waals surface area contributed by atoms with Gasteiger partial charge in [-0.05, 0) is 25.7 Å². The van der Waals surface area contributed by atoms with Gasteiger partial charge in [-0.15, -0.1) is 21.8 Å². The highest BCUT2D eigenvalue weighted by atomic mass is 35.5. The number of rotatable bonds is 4. The molecule has 0 spiro atoms. The second-order valence-corrected chi connectivity index (χ2v) is 5.15. The van der Waals surface area contributed by atoms with E-state index >= 15 is 0 Å². The van der Waals surface area contributed by atoms with Crippen molar-refractivity contribution in [3.63, 3.8) is 0 Å². The quantitative estimate of drug-likeness (QED) is 0.767. The summed E-state index contributed by atoms with van der Waals surface area (Å²) in [6, 6.07) is 0. The van der Waals surface area contributed by atoms with E-state index in [-0.39, 0.29) is 6.10 Å². The zero-order chi connectivity index (χ0) is 10.5. The maximum Gasteiger partial charge on any atom is 0.146 e. The van der Waals surface area contributed by atoms with Gasteiger partial charge in [-0.25, -0.2) is 0 Å². The first-order valence-corrected chi connectivity index (χ1v) is 6.75. The van der Waals surface area contributed by atoms with Crippen LogP contribution in [0.25, 0.3) is 0 Å². The average molecular weight is 247 g/mol. The molecule has 0 aliphatic carbocycles. The second kappa shape index (κ2) is 5.77. The third kappa shape index (κ3) is 3.13. The Kier molecular flexibility index (Phi) is 4.35. The van der Waals surface area contributed by atoms with Crippen LogP contribution < -0.4 is 0 Å². The maximum atomic E-state index is 5.66. The fourth-order valence-corrected chi connectivity index (χ4v) is 2.75. The molecule has 0 N–H and O–H groups in total. The molecule has 0 saturated carbocycles. The van der Waals surface area contributed by atoms with Crippen LogP contribution in [0.15, 0.2) is 0 Å². The van der Waals surface area contributed by atoms with Crippen LogP contribution in [0.1, 0.15) is 41.8 Å². The predicted octanol–water partition coefficient (Wildman–Crippen LogP) is 2.95. The Morgan fingerprint density at radius 3 is 3.07 bits per heavy atom. The number of hydrogen-bond donors (Lipinski definition) is 0. The van der Waals surface area contributed by atoms with Gasteiger partial charge in [-0.3, -0.25) is 0 Å². The van der Waals surface area contributed by atoms with Crippen LogP contribution in [-0.4, -0.2) is 22.7 Å². The number of nitrogens with zero attached hydrogens (tertiary/aromatic N) is 2. The molecular formula is C10H15ClN2OS. The summed E-state index contributed by atoms with van der Waals surface area (Å²) in [5.74, 6) is 0.689. The van der Waals surface area contributed by atoms with Crippen LogP contribution in [0.3, 0.4) is 0 Å². The van der Waals surface area contributed by atoms with Crippen molar-refractivity contribution < 1.29 is 4.74 Å². The lowest BCUT2D eigenvalue weighted by Crippen LogP contribution is -2.11. The van der Waals surface area contributed by atoms with Crippen LogP contribution in [0, 0.1) is 0 Å². The molecule has 1 aliphatic rings. The van der Waals surface area contributed by atoms with Gasteiger partial charge < -0.3 is 4.74 Å². The third-order valence-electron chi connectivity index (χ3n) is 2.46. The zero-order valence-corrected chi connectivity index (χ0v) is 10.2. The van der Waals surface area contributed by atoms with Gasteiger partial charge >= 0.3 is 0 Å². The molecule has 1 saturated heterocycles. The van der Waals surface area contributed by atoms with E-state index in [4.69, 9.17) is 16.3 Å².